The van der Waals surface area contributed by atoms with Crippen LogP contribution in [-0.2, 0) is 13.0 Å². The minimum atomic E-state index is -0.320. The van der Waals surface area contributed by atoms with E-state index in [-0.39, 0.29) is 11.9 Å². The van der Waals surface area contributed by atoms with Gasteiger partial charge in [-0.3, -0.25) is 15.2 Å². The number of furan rings is 1. The Morgan fingerprint density at radius 3 is 2.91 bits per heavy atom. The fourth-order valence-corrected chi connectivity index (χ4v) is 4.14. The number of rotatable bonds is 6. The summed E-state index contributed by atoms with van der Waals surface area (Å²) in [6, 6.07) is 17.8. The van der Waals surface area contributed by atoms with Gasteiger partial charge in [-0.25, -0.2) is 0 Å². The number of nitrogens with zero attached hydrogens (tertiary/aromatic N) is 3. The molecule has 1 unspecified atom stereocenters. The highest BCUT2D eigenvalue weighted by Gasteiger charge is 2.28. The van der Waals surface area contributed by atoms with Gasteiger partial charge in [0.15, 0.2) is 5.82 Å². The number of aromatic amines is 1. The first kappa shape index (κ1) is 19.9. The van der Waals surface area contributed by atoms with Crippen LogP contribution in [0.1, 0.15) is 28.6 Å². The maximum atomic E-state index is 13.0. The Balaban J connectivity index is 1.33. The van der Waals surface area contributed by atoms with Gasteiger partial charge in [-0.2, -0.15) is 4.98 Å². The van der Waals surface area contributed by atoms with E-state index >= 15 is 0 Å². The fourth-order valence-electron chi connectivity index (χ4n) is 4.14. The molecule has 1 aliphatic heterocycles. The number of methoxy groups -OCH3 is 1. The van der Waals surface area contributed by atoms with Gasteiger partial charge < -0.3 is 14.1 Å². The standard InChI is InChI=1S/C24H23N5O3/c1-15-13-16-7-3-5-9-19(16)29(15)14-21-18(11-12-32-21)23(30)26-24-25-22(27-28-24)17-8-4-6-10-20(17)31-2/h3-12,15H,13-14H2,1-2H3,(H2,25,26,27,28,30). The van der Waals surface area contributed by atoms with E-state index in [0.29, 0.717) is 35.5 Å². The third kappa shape index (κ3) is 3.60. The predicted octanol–water partition coefficient (Wildman–Crippen LogP) is 4.28. The summed E-state index contributed by atoms with van der Waals surface area (Å²) >= 11 is 0. The van der Waals surface area contributed by atoms with Crippen LogP contribution in [0.25, 0.3) is 11.4 Å². The van der Waals surface area contributed by atoms with Gasteiger partial charge >= 0.3 is 0 Å². The highest BCUT2D eigenvalue weighted by atomic mass is 16.5. The molecular formula is C24H23N5O3. The van der Waals surface area contributed by atoms with Crippen molar-refractivity contribution < 1.29 is 13.9 Å². The molecule has 0 aliphatic carbocycles. The first-order chi connectivity index (χ1) is 15.6. The second-order valence-corrected chi connectivity index (χ2v) is 7.73. The molecule has 0 saturated carbocycles. The molecule has 32 heavy (non-hydrogen) atoms. The van der Waals surface area contributed by atoms with E-state index in [1.165, 1.54) is 17.5 Å². The van der Waals surface area contributed by atoms with Crippen LogP contribution in [0.3, 0.4) is 0 Å². The lowest BCUT2D eigenvalue weighted by molar-refractivity contribution is 0.102. The van der Waals surface area contributed by atoms with Crippen molar-refractivity contribution in [3.8, 4) is 17.1 Å². The van der Waals surface area contributed by atoms with Gasteiger partial charge in [0.05, 0.1) is 31.0 Å². The van der Waals surface area contributed by atoms with Gasteiger partial charge in [-0.1, -0.05) is 30.3 Å². The number of anilines is 2. The van der Waals surface area contributed by atoms with Gasteiger partial charge in [0.1, 0.15) is 11.5 Å². The summed E-state index contributed by atoms with van der Waals surface area (Å²) in [5.74, 6) is 1.64. The molecule has 0 bridgehead atoms. The predicted molar refractivity (Wildman–Crippen MR) is 121 cm³/mol. The Morgan fingerprint density at radius 1 is 1.22 bits per heavy atom. The minimum absolute atomic E-state index is 0.183. The number of hydrogen-bond donors (Lipinski definition) is 2. The number of hydrogen-bond acceptors (Lipinski definition) is 6. The maximum Gasteiger partial charge on any atom is 0.261 e. The summed E-state index contributed by atoms with van der Waals surface area (Å²) in [6.07, 6.45) is 2.51. The molecule has 2 aromatic heterocycles. The Morgan fingerprint density at radius 2 is 2.03 bits per heavy atom. The molecule has 162 valence electrons. The maximum absolute atomic E-state index is 13.0. The second-order valence-electron chi connectivity index (χ2n) is 7.73. The molecule has 1 amide bonds. The van der Waals surface area contributed by atoms with Gasteiger partial charge in [0, 0.05) is 11.7 Å². The first-order valence-corrected chi connectivity index (χ1v) is 10.4. The van der Waals surface area contributed by atoms with Gasteiger partial charge in [-0.05, 0) is 43.2 Å². The third-order valence-corrected chi connectivity index (χ3v) is 5.73. The quantitative estimate of drug-likeness (QED) is 0.475. The van der Waals surface area contributed by atoms with Crippen molar-refractivity contribution in [2.75, 3.05) is 17.3 Å². The number of H-pyrrole nitrogens is 1. The summed E-state index contributed by atoms with van der Waals surface area (Å²) in [5.41, 5.74) is 3.71. The van der Waals surface area contributed by atoms with E-state index < -0.39 is 0 Å². The monoisotopic (exact) mass is 429 g/mol. The highest BCUT2D eigenvalue weighted by molar-refractivity contribution is 6.04. The second kappa shape index (κ2) is 8.22. The van der Waals surface area contributed by atoms with E-state index in [9.17, 15) is 4.79 Å². The van der Waals surface area contributed by atoms with E-state index in [2.05, 4.69) is 50.5 Å². The number of benzene rings is 2. The van der Waals surface area contributed by atoms with Crippen LogP contribution < -0.4 is 15.0 Å². The lowest BCUT2D eigenvalue weighted by atomic mass is 10.1. The number of ether oxygens (including phenoxy) is 1. The molecule has 0 saturated heterocycles. The molecule has 5 rings (SSSR count). The van der Waals surface area contributed by atoms with Gasteiger partial charge in [-0.15, -0.1) is 5.10 Å². The topological polar surface area (TPSA) is 96.3 Å². The highest BCUT2D eigenvalue weighted by Crippen LogP contribution is 2.34. The molecule has 1 aliphatic rings. The van der Waals surface area contributed by atoms with Gasteiger partial charge in [0.2, 0.25) is 5.95 Å². The van der Waals surface area contributed by atoms with Crippen molar-refractivity contribution in [2.24, 2.45) is 0 Å². The minimum Gasteiger partial charge on any atom is -0.496 e. The van der Waals surface area contributed by atoms with Crippen LogP contribution in [0, 0.1) is 0 Å². The Kier molecular flexibility index (Phi) is 5.10. The van der Waals surface area contributed by atoms with Crippen molar-refractivity contribution in [1.29, 1.82) is 0 Å². The number of amides is 1. The molecule has 8 nitrogen and oxygen atoms in total. The van der Waals surface area contributed by atoms with Crippen molar-refractivity contribution in [2.45, 2.75) is 25.9 Å². The number of nitrogens with one attached hydrogen (secondary N) is 2. The average Bonchev–Trinajstić information content (AvgIpc) is 3.53. The zero-order valence-corrected chi connectivity index (χ0v) is 17.8. The van der Waals surface area contributed by atoms with Crippen LogP contribution in [0.15, 0.2) is 65.3 Å². The van der Waals surface area contributed by atoms with Crippen LogP contribution in [0.2, 0.25) is 0 Å². The summed E-state index contributed by atoms with van der Waals surface area (Å²) < 4.78 is 11.1. The first-order valence-electron chi connectivity index (χ1n) is 10.4. The number of carbonyl (C=O) groups excluding carboxylic acids is 1. The Bertz CT molecular complexity index is 1260. The summed E-state index contributed by atoms with van der Waals surface area (Å²) in [6.45, 7) is 2.68. The Labute approximate surface area is 185 Å². The average molecular weight is 429 g/mol. The fraction of sp³-hybridized carbons (Fsp3) is 0.208. The van der Waals surface area contributed by atoms with Crippen molar-refractivity contribution in [3.63, 3.8) is 0 Å². The van der Waals surface area contributed by atoms with Crippen LogP contribution in [-0.4, -0.2) is 34.2 Å². The summed E-state index contributed by atoms with van der Waals surface area (Å²) in [5, 5.41) is 9.73. The molecule has 0 spiro atoms. The van der Waals surface area contributed by atoms with Crippen LogP contribution in [0.5, 0.6) is 5.75 Å². The normalized spacial score (nSPS) is 14.9. The van der Waals surface area contributed by atoms with Crippen molar-refractivity contribution in [1.82, 2.24) is 15.2 Å². The number of para-hydroxylation sites is 2. The van der Waals surface area contributed by atoms with E-state index in [1.807, 2.05) is 30.3 Å². The molecule has 8 heteroatoms. The third-order valence-electron chi connectivity index (χ3n) is 5.73. The van der Waals surface area contributed by atoms with E-state index in [4.69, 9.17) is 9.15 Å². The lowest BCUT2D eigenvalue weighted by Gasteiger charge is -2.24. The number of carbonyl (C=O) groups is 1. The zero-order chi connectivity index (χ0) is 22.1. The van der Waals surface area contributed by atoms with E-state index in [1.54, 1.807) is 13.2 Å². The molecule has 4 aromatic rings. The number of fused-ring (bicyclic) bond motifs is 1. The van der Waals surface area contributed by atoms with Crippen molar-refractivity contribution in [3.05, 3.63) is 77.7 Å². The molecular weight excluding hydrogens is 406 g/mol. The summed E-state index contributed by atoms with van der Waals surface area (Å²) in [4.78, 5) is 19.6. The molecule has 0 radical (unpaired) electrons. The largest absolute Gasteiger partial charge is 0.496 e. The number of aromatic nitrogens is 3. The molecule has 2 N–H and O–H groups in total. The molecule has 2 aromatic carbocycles. The van der Waals surface area contributed by atoms with Gasteiger partial charge in [0.25, 0.3) is 5.91 Å². The molecule has 1 atom stereocenters. The molecule has 0 fully saturated rings. The van der Waals surface area contributed by atoms with Crippen molar-refractivity contribution >= 4 is 17.5 Å². The SMILES string of the molecule is COc1ccccc1-c1nc(NC(=O)c2ccoc2CN2c3ccccc3CC2C)n[nH]1. The molecule has 3 heterocycles. The smallest absolute Gasteiger partial charge is 0.261 e. The Hall–Kier alpha value is -4.07. The lowest BCUT2D eigenvalue weighted by Crippen LogP contribution is -2.29. The van der Waals surface area contributed by atoms with Crippen LogP contribution >= 0.6 is 0 Å². The van der Waals surface area contributed by atoms with E-state index in [0.717, 1.165) is 12.0 Å². The zero-order valence-electron chi connectivity index (χ0n) is 17.8. The van der Waals surface area contributed by atoms with Crippen LogP contribution in [0.4, 0.5) is 11.6 Å². The summed E-state index contributed by atoms with van der Waals surface area (Å²) in [7, 11) is 1.60.